The molecule has 7 heteroatoms. The minimum absolute atomic E-state index is 0.127. The number of aryl methyl sites for hydroxylation is 1. The normalized spacial score (nSPS) is 22.1. The Hall–Kier alpha value is -1.89. The summed E-state index contributed by atoms with van der Waals surface area (Å²) in [6.07, 6.45) is 1.70. The molecule has 1 N–H and O–H groups in total. The van der Waals surface area contributed by atoms with Crippen LogP contribution in [-0.2, 0) is 21.7 Å². The summed E-state index contributed by atoms with van der Waals surface area (Å²) in [5.74, 6) is -0.724. The summed E-state index contributed by atoms with van der Waals surface area (Å²) in [5.41, 5.74) is 1.13. The summed E-state index contributed by atoms with van der Waals surface area (Å²) in [4.78, 5) is 15.5. The molecule has 6 nitrogen and oxygen atoms in total. The highest BCUT2D eigenvalue weighted by atomic mass is 32.2. The van der Waals surface area contributed by atoms with E-state index in [1.807, 2.05) is 0 Å². The van der Waals surface area contributed by atoms with E-state index in [0.717, 1.165) is 6.26 Å². The number of aromatic nitrogens is 2. The first-order valence-electron chi connectivity index (χ1n) is 6.19. The third kappa shape index (κ3) is 1.89. The van der Waals surface area contributed by atoms with Crippen molar-refractivity contribution in [2.45, 2.75) is 17.2 Å². The number of hydrogen-bond donors (Lipinski definition) is 1. The van der Waals surface area contributed by atoms with E-state index in [4.69, 9.17) is 5.11 Å². The van der Waals surface area contributed by atoms with Crippen molar-refractivity contribution in [3.05, 3.63) is 24.0 Å². The molecule has 2 atom stereocenters. The number of carboxylic acid groups (broad SMARTS) is 1. The molecule has 1 aliphatic rings. The van der Waals surface area contributed by atoms with Crippen LogP contribution < -0.4 is 0 Å². The Balaban J connectivity index is 2.19. The highest BCUT2D eigenvalue weighted by Crippen LogP contribution is 2.47. The molecule has 0 amide bonds. The molecule has 0 bridgehead atoms. The van der Waals surface area contributed by atoms with Crippen molar-refractivity contribution in [3.8, 4) is 0 Å². The number of sulfone groups is 1. The van der Waals surface area contributed by atoms with Gasteiger partial charge in [-0.15, -0.1) is 0 Å². The number of benzene rings is 1. The maximum absolute atomic E-state index is 11.8. The fourth-order valence-corrected chi connectivity index (χ4v) is 3.42. The predicted molar refractivity (Wildman–Crippen MR) is 72.3 cm³/mol. The zero-order chi connectivity index (χ0) is 14.7. The Labute approximate surface area is 116 Å². The number of carboxylic acids is 1. The van der Waals surface area contributed by atoms with Crippen LogP contribution in [0.25, 0.3) is 11.0 Å². The fourth-order valence-electron chi connectivity index (χ4n) is 2.59. The Morgan fingerprint density at radius 2 is 2.15 bits per heavy atom. The van der Waals surface area contributed by atoms with E-state index in [0.29, 0.717) is 23.3 Å². The van der Waals surface area contributed by atoms with Crippen LogP contribution in [0.3, 0.4) is 0 Å². The largest absolute Gasteiger partial charge is 0.481 e. The number of aliphatic carboxylic acids is 1. The van der Waals surface area contributed by atoms with Gasteiger partial charge in [0, 0.05) is 19.2 Å². The van der Waals surface area contributed by atoms with E-state index in [-0.39, 0.29) is 10.8 Å². The van der Waals surface area contributed by atoms with Gasteiger partial charge < -0.3 is 9.67 Å². The standard InChI is InChI=1S/C13H14N2O4S/c1-15-9-4-3-5-10(20(2,18)19)11(9)14-12(15)7-6-8(7)13(16)17/h3-5,7-8H,6H2,1-2H3,(H,16,17). The number of carbonyl (C=O) groups is 1. The maximum Gasteiger partial charge on any atom is 0.307 e. The van der Waals surface area contributed by atoms with Crippen LogP contribution in [0.1, 0.15) is 18.2 Å². The topological polar surface area (TPSA) is 89.3 Å². The molecule has 0 saturated heterocycles. The van der Waals surface area contributed by atoms with E-state index < -0.39 is 21.7 Å². The number of nitrogens with zero attached hydrogens (tertiary/aromatic N) is 2. The second-order valence-electron chi connectivity index (χ2n) is 5.21. The Morgan fingerprint density at radius 3 is 2.70 bits per heavy atom. The number of para-hydroxylation sites is 1. The van der Waals surface area contributed by atoms with E-state index in [1.54, 1.807) is 23.7 Å². The quantitative estimate of drug-likeness (QED) is 0.917. The summed E-state index contributed by atoms with van der Waals surface area (Å²) in [6.45, 7) is 0. The fraction of sp³-hybridized carbons (Fsp3) is 0.385. The zero-order valence-electron chi connectivity index (χ0n) is 11.1. The molecule has 1 aromatic heterocycles. The molecular weight excluding hydrogens is 280 g/mol. The lowest BCUT2D eigenvalue weighted by atomic mass is 10.3. The van der Waals surface area contributed by atoms with Gasteiger partial charge in [0.2, 0.25) is 0 Å². The molecule has 1 saturated carbocycles. The van der Waals surface area contributed by atoms with Gasteiger partial charge >= 0.3 is 5.97 Å². The van der Waals surface area contributed by atoms with Crippen molar-refractivity contribution >= 4 is 26.8 Å². The highest BCUT2D eigenvalue weighted by Gasteiger charge is 2.47. The van der Waals surface area contributed by atoms with Gasteiger partial charge in [-0.2, -0.15) is 0 Å². The highest BCUT2D eigenvalue weighted by molar-refractivity contribution is 7.91. The zero-order valence-corrected chi connectivity index (χ0v) is 11.9. The minimum Gasteiger partial charge on any atom is -0.481 e. The average Bonchev–Trinajstić information content (AvgIpc) is 3.08. The van der Waals surface area contributed by atoms with Crippen molar-refractivity contribution in [1.29, 1.82) is 0 Å². The summed E-state index contributed by atoms with van der Waals surface area (Å²) in [5, 5.41) is 9.00. The van der Waals surface area contributed by atoms with E-state index in [2.05, 4.69) is 4.98 Å². The third-order valence-corrected chi connectivity index (χ3v) is 4.88. The first-order valence-corrected chi connectivity index (χ1v) is 8.08. The van der Waals surface area contributed by atoms with E-state index in [9.17, 15) is 13.2 Å². The van der Waals surface area contributed by atoms with Crippen LogP contribution in [-0.4, -0.2) is 35.3 Å². The molecule has 1 aromatic carbocycles. The molecule has 0 spiro atoms. The van der Waals surface area contributed by atoms with Gasteiger partial charge in [0.05, 0.1) is 16.3 Å². The predicted octanol–water partition coefficient (Wildman–Crippen LogP) is 1.16. The van der Waals surface area contributed by atoms with Gasteiger partial charge in [-0.1, -0.05) is 6.07 Å². The molecule has 0 aliphatic heterocycles. The molecule has 20 heavy (non-hydrogen) atoms. The Kier molecular flexibility index (Phi) is 2.66. The van der Waals surface area contributed by atoms with Crippen molar-refractivity contribution in [2.75, 3.05) is 6.26 Å². The van der Waals surface area contributed by atoms with Gasteiger partial charge in [-0.3, -0.25) is 4.79 Å². The van der Waals surface area contributed by atoms with Crippen molar-refractivity contribution in [2.24, 2.45) is 13.0 Å². The number of fused-ring (bicyclic) bond motifs is 1. The van der Waals surface area contributed by atoms with Gasteiger partial charge in [0.25, 0.3) is 0 Å². The first kappa shape index (κ1) is 13.1. The molecule has 2 aromatic rings. The lowest BCUT2D eigenvalue weighted by Crippen LogP contribution is -2.02. The maximum atomic E-state index is 11.8. The van der Waals surface area contributed by atoms with Crippen molar-refractivity contribution in [1.82, 2.24) is 9.55 Å². The molecule has 106 valence electrons. The van der Waals surface area contributed by atoms with Crippen molar-refractivity contribution < 1.29 is 18.3 Å². The number of hydrogen-bond acceptors (Lipinski definition) is 4. The monoisotopic (exact) mass is 294 g/mol. The molecular formula is C13H14N2O4S. The number of rotatable bonds is 3. The van der Waals surface area contributed by atoms with Crippen molar-refractivity contribution in [3.63, 3.8) is 0 Å². The summed E-state index contributed by atoms with van der Waals surface area (Å²) in [7, 11) is -1.57. The summed E-state index contributed by atoms with van der Waals surface area (Å²) < 4.78 is 25.4. The third-order valence-electron chi connectivity index (χ3n) is 3.75. The Morgan fingerprint density at radius 1 is 1.45 bits per heavy atom. The van der Waals surface area contributed by atoms with Crippen LogP contribution >= 0.6 is 0 Å². The van der Waals surface area contributed by atoms with Gasteiger partial charge in [-0.25, -0.2) is 13.4 Å². The molecule has 0 radical (unpaired) electrons. The van der Waals surface area contributed by atoms with Crippen LogP contribution in [0.5, 0.6) is 0 Å². The lowest BCUT2D eigenvalue weighted by molar-refractivity contribution is -0.138. The van der Waals surface area contributed by atoms with E-state index >= 15 is 0 Å². The molecule has 1 fully saturated rings. The van der Waals surface area contributed by atoms with Gasteiger partial charge in [-0.05, 0) is 18.6 Å². The van der Waals surface area contributed by atoms with Crippen LogP contribution in [0, 0.1) is 5.92 Å². The molecule has 1 heterocycles. The summed E-state index contributed by atoms with van der Waals surface area (Å²) in [6, 6.07) is 4.99. The van der Waals surface area contributed by atoms with E-state index in [1.165, 1.54) is 6.07 Å². The van der Waals surface area contributed by atoms with Gasteiger partial charge in [0.15, 0.2) is 9.84 Å². The average molecular weight is 294 g/mol. The SMILES string of the molecule is Cn1c(C2CC2C(=O)O)nc2c(S(C)(=O)=O)cccc21. The molecule has 3 rings (SSSR count). The molecule has 1 aliphatic carbocycles. The van der Waals surface area contributed by atoms with Crippen LogP contribution in [0.4, 0.5) is 0 Å². The minimum atomic E-state index is -3.36. The van der Waals surface area contributed by atoms with Crippen LogP contribution in [0.15, 0.2) is 23.1 Å². The first-order chi connectivity index (χ1) is 9.30. The molecule has 2 unspecified atom stereocenters. The second-order valence-corrected chi connectivity index (χ2v) is 7.20. The van der Waals surface area contributed by atoms with Crippen LogP contribution in [0.2, 0.25) is 0 Å². The smallest absolute Gasteiger partial charge is 0.307 e. The lowest BCUT2D eigenvalue weighted by Gasteiger charge is -2.01. The summed E-state index contributed by atoms with van der Waals surface area (Å²) >= 11 is 0. The van der Waals surface area contributed by atoms with Gasteiger partial charge in [0.1, 0.15) is 11.3 Å². The Bertz CT molecular complexity index is 822. The second kappa shape index (κ2) is 4.05. The number of imidazole rings is 1.